The van der Waals surface area contributed by atoms with Gasteiger partial charge in [0.1, 0.15) is 11.8 Å². The number of benzene rings is 1. The highest BCUT2D eigenvalue weighted by Gasteiger charge is 2.53. The van der Waals surface area contributed by atoms with E-state index in [9.17, 15) is 24.3 Å². The predicted octanol–water partition coefficient (Wildman–Crippen LogP) is -0.280. The molecule has 1 aliphatic rings. The van der Waals surface area contributed by atoms with Crippen LogP contribution in [0.15, 0.2) is 24.3 Å². The van der Waals surface area contributed by atoms with E-state index in [1.165, 1.54) is 17.0 Å². The Morgan fingerprint density at radius 3 is 2.39 bits per heavy atom. The molecule has 3 amide bonds. The number of rotatable bonds is 11. The van der Waals surface area contributed by atoms with Crippen molar-refractivity contribution in [2.75, 3.05) is 19.7 Å². The Bertz CT molecular complexity index is 810. The van der Waals surface area contributed by atoms with Gasteiger partial charge < -0.3 is 30.5 Å². The minimum absolute atomic E-state index is 0.0560. The van der Waals surface area contributed by atoms with E-state index in [-0.39, 0.29) is 37.8 Å². The predicted molar refractivity (Wildman–Crippen MR) is 110 cm³/mol. The van der Waals surface area contributed by atoms with Gasteiger partial charge in [0.05, 0.1) is 13.2 Å². The topological polar surface area (TPSA) is 152 Å². The van der Waals surface area contributed by atoms with Crippen molar-refractivity contribution in [3.05, 3.63) is 29.8 Å². The molecule has 1 heterocycles. The summed E-state index contributed by atoms with van der Waals surface area (Å²) in [4.78, 5) is 50.2. The Balaban J connectivity index is 2.00. The molecule has 0 saturated carbocycles. The van der Waals surface area contributed by atoms with E-state index in [4.69, 9.17) is 15.2 Å². The van der Waals surface area contributed by atoms with Crippen molar-refractivity contribution >= 4 is 23.7 Å². The molecule has 4 N–H and O–H groups in total. The maximum atomic E-state index is 12.7. The minimum Gasteiger partial charge on any atom is -0.508 e. The summed E-state index contributed by atoms with van der Waals surface area (Å²) < 4.78 is 10.0. The van der Waals surface area contributed by atoms with Crippen LogP contribution in [0.1, 0.15) is 26.3 Å². The Labute approximate surface area is 180 Å². The molecule has 1 aromatic rings. The normalized spacial score (nSPS) is 18.2. The van der Waals surface area contributed by atoms with Crippen molar-refractivity contribution in [2.45, 2.75) is 45.4 Å². The number of amides is 3. The molecule has 0 aliphatic carbocycles. The molecule has 1 aromatic carbocycles. The lowest BCUT2D eigenvalue weighted by atomic mass is 10.1. The van der Waals surface area contributed by atoms with Crippen LogP contribution in [-0.2, 0) is 35.1 Å². The van der Waals surface area contributed by atoms with Crippen LogP contribution in [0.25, 0.3) is 0 Å². The number of carbonyl (C=O) groups is 4. The number of esters is 1. The largest absolute Gasteiger partial charge is 0.508 e. The second-order valence-corrected chi connectivity index (χ2v) is 7.73. The van der Waals surface area contributed by atoms with Crippen LogP contribution in [0.5, 0.6) is 5.75 Å². The maximum absolute atomic E-state index is 12.7. The number of aromatic hydroxyl groups is 1. The van der Waals surface area contributed by atoms with Gasteiger partial charge >= 0.3 is 5.97 Å². The van der Waals surface area contributed by atoms with Crippen LogP contribution >= 0.6 is 0 Å². The molecular formula is C21H29N3O7. The van der Waals surface area contributed by atoms with Gasteiger partial charge in [0.2, 0.25) is 11.8 Å². The minimum atomic E-state index is -0.988. The highest BCUT2D eigenvalue weighted by molar-refractivity contribution is 5.95. The van der Waals surface area contributed by atoms with Crippen molar-refractivity contribution in [1.82, 2.24) is 10.2 Å². The van der Waals surface area contributed by atoms with E-state index in [0.29, 0.717) is 5.56 Å². The lowest BCUT2D eigenvalue weighted by Gasteiger charge is -2.24. The van der Waals surface area contributed by atoms with Gasteiger partial charge in [-0.25, -0.2) is 4.79 Å². The molecule has 31 heavy (non-hydrogen) atoms. The van der Waals surface area contributed by atoms with E-state index in [1.807, 2.05) is 13.8 Å². The van der Waals surface area contributed by atoms with Crippen LogP contribution in [-0.4, -0.2) is 71.6 Å². The summed E-state index contributed by atoms with van der Waals surface area (Å²) in [7, 11) is 0. The van der Waals surface area contributed by atoms with Crippen molar-refractivity contribution in [2.24, 2.45) is 11.7 Å². The van der Waals surface area contributed by atoms with Crippen LogP contribution in [0, 0.1) is 5.92 Å². The average Bonchev–Trinajstić information content (AvgIpc) is 3.48. The third-order valence-electron chi connectivity index (χ3n) is 4.54. The number of nitrogens with one attached hydrogen (secondary N) is 1. The Kier molecular flexibility index (Phi) is 8.38. The van der Waals surface area contributed by atoms with Crippen LogP contribution < -0.4 is 11.1 Å². The highest BCUT2D eigenvalue weighted by Crippen LogP contribution is 2.26. The third-order valence-corrected chi connectivity index (χ3v) is 4.54. The molecule has 0 radical (unpaired) electrons. The monoisotopic (exact) mass is 435 g/mol. The van der Waals surface area contributed by atoms with Gasteiger partial charge in [0.25, 0.3) is 5.91 Å². The fourth-order valence-electron chi connectivity index (χ4n) is 3.06. The summed E-state index contributed by atoms with van der Waals surface area (Å²) in [6, 6.07) is 5.18. The second kappa shape index (κ2) is 10.8. The van der Waals surface area contributed by atoms with Gasteiger partial charge in [-0.3, -0.25) is 14.4 Å². The first kappa shape index (κ1) is 24.1. The Morgan fingerprint density at radius 2 is 1.84 bits per heavy atom. The van der Waals surface area contributed by atoms with Crippen molar-refractivity contribution in [1.29, 1.82) is 0 Å². The lowest BCUT2D eigenvalue weighted by Crippen LogP contribution is -2.51. The summed E-state index contributed by atoms with van der Waals surface area (Å²) in [6.07, 6.45) is -1.80. The van der Waals surface area contributed by atoms with Crippen LogP contribution in [0.4, 0.5) is 0 Å². The number of hydrogen-bond acceptors (Lipinski definition) is 7. The standard InChI is InChI=1S/C21H29N3O7/c1-4-30-21(29)18-17(31-18)20(28)24(10-12(2)3)11-16(26)23-15(19(22)27)9-13-5-7-14(25)8-6-13/h5-8,12,15,17-18,25H,4,9-11H2,1-3H3,(H2,22,27)(H,23,26)/t15-,17?,18?/m0/s1. The van der Waals surface area contributed by atoms with Gasteiger partial charge in [-0.05, 0) is 30.5 Å². The molecular weight excluding hydrogens is 406 g/mol. The fraction of sp³-hybridized carbons (Fsp3) is 0.524. The van der Waals surface area contributed by atoms with Gasteiger partial charge in [0, 0.05) is 13.0 Å². The fourth-order valence-corrected chi connectivity index (χ4v) is 3.06. The maximum Gasteiger partial charge on any atom is 0.338 e. The number of primary amides is 1. The molecule has 170 valence electrons. The van der Waals surface area contributed by atoms with E-state index in [1.54, 1.807) is 19.1 Å². The van der Waals surface area contributed by atoms with Gasteiger partial charge in [-0.1, -0.05) is 26.0 Å². The number of ether oxygens (including phenoxy) is 2. The summed E-state index contributed by atoms with van der Waals surface area (Å²) in [5, 5.41) is 11.9. The van der Waals surface area contributed by atoms with E-state index < -0.39 is 41.9 Å². The molecule has 10 nitrogen and oxygen atoms in total. The molecule has 0 bridgehead atoms. The zero-order valence-corrected chi connectivity index (χ0v) is 17.9. The molecule has 0 spiro atoms. The first-order valence-electron chi connectivity index (χ1n) is 10.1. The number of nitrogens with two attached hydrogens (primary N) is 1. The van der Waals surface area contributed by atoms with E-state index >= 15 is 0 Å². The van der Waals surface area contributed by atoms with Crippen LogP contribution in [0.2, 0.25) is 0 Å². The smallest absolute Gasteiger partial charge is 0.338 e. The first-order chi connectivity index (χ1) is 14.6. The third kappa shape index (κ3) is 7.25. The van der Waals surface area contributed by atoms with Crippen molar-refractivity contribution in [3.8, 4) is 5.75 Å². The lowest BCUT2D eigenvalue weighted by molar-refractivity contribution is -0.145. The molecule has 3 atom stereocenters. The second-order valence-electron chi connectivity index (χ2n) is 7.73. The molecule has 1 saturated heterocycles. The molecule has 1 aliphatic heterocycles. The van der Waals surface area contributed by atoms with Crippen LogP contribution in [0.3, 0.4) is 0 Å². The Hall–Kier alpha value is -3.14. The number of phenols is 1. The molecule has 0 aromatic heterocycles. The summed E-state index contributed by atoms with van der Waals surface area (Å²) in [5.74, 6) is -2.26. The quantitative estimate of drug-likeness (QED) is 0.319. The van der Waals surface area contributed by atoms with Gasteiger partial charge in [-0.2, -0.15) is 0 Å². The average molecular weight is 435 g/mol. The number of phenolic OH excluding ortho intramolecular Hbond substituents is 1. The Morgan fingerprint density at radius 1 is 1.19 bits per heavy atom. The van der Waals surface area contributed by atoms with Gasteiger partial charge in [0.15, 0.2) is 12.2 Å². The van der Waals surface area contributed by atoms with E-state index in [0.717, 1.165) is 0 Å². The van der Waals surface area contributed by atoms with Crippen molar-refractivity contribution in [3.63, 3.8) is 0 Å². The number of nitrogens with zero attached hydrogens (tertiary/aromatic N) is 1. The molecule has 2 unspecified atom stereocenters. The summed E-state index contributed by atoms with van der Waals surface area (Å²) in [6.45, 7) is 5.54. The zero-order chi connectivity index (χ0) is 23.1. The number of hydrogen-bond donors (Lipinski definition) is 3. The number of epoxide rings is 1. The van der Waals surface area contributed by atoms with Crippen molar-refractivity contribution < 1.29 is 33.8 Å². The van der Waals surface area contributed by atoms with E-state index in [2.05, 4.69) is 5.32 Å². The first-order valence-corrected chi connectivity index (χ1v) is 10.1. The molecule has 2 rings (SSSR count). The summed E-state index contributed by atoms with van der Waals surface area (Å²) in [5.41, 5.74) is 6.11. The molecule has 10 heteroatoms. The number of carbonyl (C=O) groups excluding carboxylic acids is 4. The summed E-state index contributed by atoms with van der Waals surface area (Å²) >= 11 is 0. The SMILES string of the molecule is CCOC(=O)C1OC1C(=O)N(CC(=O)N[C@@H](Cc1ccc(O)cc1)C(N)=O)CC(C)C. The highest BCUT2D eigenvalue weighted by atomic mass is 16.6. The zero-order valence-electron chi connectivity index (χ0n) is 17.9. The molecule has 1 fully saturated rings. The van der Waals surface area contributed by atoms with Gasteiger partial charge in [-0.15, -0.1) is 0 Å².